The molecule has 0 saturated carbocycles. The first kappa shape index (κ1) is 19.6. The molecule has 0 radical (unpaired) electrons. The number of rotatable bonds is 6. The molecule has 27 heavy (non-hydrogen) atoms. The summed E-state index contributed by atoms with van der Waals surface area (Å²) in [5.41, 5.74) is 0.756. The van der Waals surface area contributed by atoms with Crippen molar-refractivity contribution in [3.8, 4) is 5.88 Å². The maximum absolute atomic E-state index is 12.7. The summed E-state index contributed by atoms with van der Waals surface area (Å²) in [4.78, 5) is 11.7. The Kier molecular flexibility index (Phi) is 6.01. The third kappa shape index (κ3) is 4.78. The lowest BCUT2D eigenvalue weighted by atomic mass is 10.3. The van der Waals surface area contributed by atoms with Gasteiger partial charge in [-0.1, -0.05) is 46.9 Å². The molecule has 0 spiro atoms. The summed E-state index contributed by atoms with van der Waals surface area (Å²) in [5, 5.41) is 0.0427. The maximum Gasteiger partial charge on any atom is 0.264 e. The van der Waals surface area contributed by atoms with Crippen molar-refractivity contribution in [2.45, 2.75) is 11.5 Å². The van der Waals surface area contributed by atoms with E-state index in [4.69, 9.17) is 39.5 Å². The van der Waals surface area contributed by atoms with Gasteiger partial charge in [0.2, 0.25) is 5.82 Å². The number of hydrogen-bond donors (Lipinski definition) is 1. The number of halogens is 3. The van der Waals surface area contributed by atoms with Crippen LogP contribution >= 0.6 is 34.8 Å². The van der Waals surface area contributed by atoms with Gasteiger partial charge < -0.3 is 4.74 Å². The third-order valence-electron chi connectivity index (χ3n) is 3.25. The molecule has 1 aromatic carbocycles. The predicted octanol–water partition coefficient (Wildman–Crippen LogP) is 4.21. The highest BCUT2D eigenvalue weighted by atomic mass is 35.5. The molecule has 3 rings (SSSR count). The van der Waals surface area contributed by atoms with Gasteiger partial charge in [-0.3, -0.25) is 9.71 Å². The fourth-order valence-electron chi connectivity index (χ4n) is 2.03. The van der Waals surface area contributed by atoms with Crippen molar-refractivity contribution < 1.29 is 13.2 Å². The Labute approximate surface area is 170 Å². The van der Waals surface area contributed by atoms with Crippen molar-refractivity contribution in [2.75, 3.05) is 4.72 Å². The van der Waals surface area contributed by atoms with E-state index in [9.17, 15) is 8.42 Å². The van der Waals surface area contributed by atoms with Gasteiger partial charge in [-0.25, -0.2) is 13.4 Å². The Morgan fingerprint density at radius 3 is 2.63 bits per heavy atom. The molecule has 2 heterocycles. The normalized spacial score (nSPS) is 11.2. The van der Waals surface area contributed by atoms with Crippen molar-refractivity contribution >= 4 is 50.6 Å². The molecule has 3 aromatic rings. The molecule has 0 bridgehead atoms. The number of anilines is 1. The highest BCUT2D eigenvalue weighted by molar-refractivity contribution is 7.92. The number of aromatic nitrogens is 3. The van der Waals surface area contributed by atoms with Gasteiger partial charge in [-0.05, 0) is 18.2 Å². The van der Waals surface area contributed by atoms with Crippen molar-refractivity contribution in [3.05, 3.63) is 69.7 Å². The Bertz CT molecular complexity index is 1070. The van der Waals surface area contributed by atoms with E-state index in [0.29, 0.717) is 0 Å². The van der Waals surface area contributed by atoms with E-state index in [0.717, 1.165) is 5.56 Å². The van der Waals surface area contributed by atoms with Crippen molar-refractivity contribution in [3.63, 3.8) is 0 Å². The molecule has 0 saturated heterocycles. The van der Waals surface area contributed by atoms with Crippen LogP contribution in [0, 0.1) is 0 Å². The third-order valence-corrected chi connectivity index (χ3v) is 5.74. The standard InChI is InChI=1S/C16H11Cl3N4O3S/c17-11-4-1-5-12(14(11)19)27(24,25)23-15-16(22-13(18)8-21-15)26-9-10-3-2-6-20-7-10/h1-8H,9H2,(H,21,23). The molecule has 2 aromatic heterocycles. The summed E-state index contributed by atoms with van der Waals surface area (Å²) >= 11 is 17.7. The SMILES string of the molecule is O=S(=O)(Nc1ncc(Cl)nc1OCc1cccnc1)c1cccc(Cl)c1Cl. The van der Waals surface area contributed by atoms with Crippen LogP contribution in [-0.2, 0) is 16.6 Å². The highest BCUT2D eigenvalue weighted by Gasteiger charge is 2.23. The van der Waals surface area contributed by atoms with E-state index in [2.05, 4.69) is 19.7 Å². The molecule has 11 heteroatoms. The van der Waals surface area contributed by atoms with Crippen LogP contribution in [0.3, 0.4) is 0 Å². The number of sulfonamides is 1. The number of hydrogen-bond acceptors (Lipinski definition) is 6. The molecule has 0 aliphatic rings. The quantitative estimate of drug-likeness (QED) is 0.611. The molecule has 1 N–H and O–H groups in total. The Morgan fingerprint density at radius 1 is 1.07 bits per heavy atom. The summed E-state index contributed by atoms with van der Waals surface area (Å²) in [7, 11) is -4.09. The summed E-state index contributed by atoms with van der Waals surface area (Å²) < 4.78 is 33.2. The highest BCUT2D eigenvalue weighted by Crippen LogP contribution is 2.31. The van der Waals surface area contributed by atoms with Crippen molar-refractivity contribution in [2.24, 2.45) is 0 Å². The fourth-order valence-corrected chi connectivity index (χ4v) is 3.93. The van der Waals surface area contributed by atoms with Crippen LogP contribution in [0.1, 0.15) is 5.56 Å². The molecule has 140 valence electrons. The average molecular weight is 446 g/mol. The Hall–Kier alpha value is -2.13. The first-order valence-electron chi connectivity index (χ1n) is 7.38. The number of benzene rings is 1. The van der Waals surface area contributed by atoms with Crippen molar-refractivity contribution in [1.82, 2.24) is 15.0 Å². The minimum atomic E-state index is -4.09. The van der Waals surface area contributed by atoms with Gasteiger partial charge in [0, 0.05) is 18.0 Å². The van der Waals surface area contributed by atoms with Gasteiger partial charge in [-0.15, -0.1) is 0 Å². The van der Waals surface area contributed by atoms with Crippen LogP contribution in [0.4, 0.5) is 5.82 Å². The zero-order chi connectivity index (χ0) is 19.4. The van der Waals surface area contributed by atoms with E-state index in [-0.39, 0.29) is 38.4 Å². The molecule has 0 unspecified atom stereocenters. The second-order valence-electron chi connectivity index (χ2n) is 5.15. The minimum Gasteiger partial charge on any atom is -0.470 e. The molecule has 0 aliphatic carbocycles. The molecule has 0 atom stereocenters. The Balaban J connectivity index is 1.89. The summed E-state index contributed by atoms with van der Waals surface area (Å²) in [6.07, 6.45) is 4.42. The van der Waals surface area contributed by atoms with E-state index in [1.807, 2.05) is 0 Å². The zero-order valence-corrected chi connectivity index (χ0v) is 16.5. The van der Waals surface area contributed by atoms with Crippen LogP contribution in [0.2, 0.25) is 15.2 Å². The van der Waals surface area contributed by atoms with Crippen LogP contribution in [0.5, 0.6) is 5.88 Å². The van der Waals surface area contributed by atoms with Crippen LogP contribution in [-0.4, -0.2) is 23.4 Å². The Morgan fingerprint density at radius 2 is 1.89 bits per heavy atom. The van der Waals surface area contributed by atoms with Gasteiger partial charge >= 0.3 is 0 Å². The second-order valence-corrected chi connectivity index (χ2v) is 7.98. The van der Waals surface area contributed by atoms with Crippen LogP contribution in [0.25, 0.3) is 0 Å². The first-order valence-corrected chi connectivity index (χ1v) is 9.99. The maximum atomic E-state index is 12.7. The van der Waals surface area contributed by atoms with Crippen molar-refractivity contribution in [1.29, 1.82) is 0 Å². The molecule has 0 aliphatic heterocycles. The van der Waals surface area contributed by atoms with Gasteiger partial charge in [0.1, 0.15) is 11.5 Å². The van der Waals surface area contributed by atoms with Gasteiger partial charge in [0.05, 0.1) is 16.2 Å². The molecule has 0 amide bonds. The van der Waals surface area contributed by atoms with Crippen LogP contribution in [0.15, 0.2) is 53.8 Å². The minimum absolute atomic E-state index is 0.0416. The monoisotopic (exact) mass is 444 g/mol. The lowest BCUT2D eigenvalue weighted by molar-refractivity contribution is 0.294. The number of nitrogens with zero attached hydrogens (tertiary/aromatic N) is 3. The lowest BCUT2D eigenvalue weighted by Gasteiger charge is -2.13. The fraction of sp³-hybridized carbons (Fsp3) is 0.0625. The van der Waals surface area contributed by atoms with Gasteiger partial charge in [0.25, 0.3) is 15.9 Å². The zero-order valence-electron chi connectivity index (χ0n) is 13.4. The topological polar surface area (TPSA) is 94.1 Å². The molecule has 7 nitrogen and oxygen atoms in total. The lowest BCUT2D eigenvalue weighted by Crippen LogP contribution is -2.16. The summed E-state index contributed by atoms with van der Waals surface area (Å²) in [6, 6.07) is 7.80. The second kappa shape index (κ2) is 8.26. The average Bonchev–Trinajstić information content (AvgIpc) is 2.64. The number of nitrogens with one attached hydrogen (secondary N) is 1. The predicted molar refractivity (Wildman–Crippen MR) is 103 cm³/mol. The largest absolute Gasteiger partial charge is 0.470 e. The number of ether oxygens (including phenoxy) is 1. The van der Waals surface area contributed by atoms with Gasteiger partial charge in [0.15, 0.2) is 5.15 Å². The molecule has 0 fully saturated rings. The van der Waals surface area contributed by atoms with Crippen LogP contribution < -0.4 is 9.46 Å². The van der Waals surface area contributed by atoms with E-state index in [1.54, 1.807) is 24.5 Å². The number of pyridine rings is 1. The summed E-state index contributed by atoms with van der Waals surface area (Å²) in [6.45, 7) is 0.0928. The van der Waals surface area contributed by atoms with E-state index < -0.39 is 10.0 Å². The van der Waals surface area contributed by atoms with E-state index >= 15 is 0 Å². The van der Waals surface area contributed by atoms with Gasteiger partial charge in [-0.2, -0.15) is 4.98 Å². The first-order chi connectivity index (χ1) is 12.9. The smallest absolute Gasteiger partial charge is 0.264 e. The molecular weight excluding hydrogens is 435 g/mol. The summed E-state index contributed by atoms with van der Waals surface area (Å²) in [5.74, 6) is -0.229. The molecular formula is C16H11Cl3N4O3S. The van der Waals surface area contributed by atoms with E-state index in [1.165, 1.54) is 24.4 Å².